The molecule has 1 saturated heterocycles. The van der Waals surface area contributed by atoms with Gasteiger partial charge in [0.2, 0.25) is 5.91 Å². The van der Waals surface area contributed by atoms with E-state index in [1.54, 1.807) is 0 Å². The van der Waals surface area contributed by atoms with E-state index in [1.807, 2.05) is 83.8 Å². The van der Waals surface area contributed by atoms with Gasteiger partial charge in [-0.05, 0) is 60.4 Å². The number of anilines is 2. The third kappa shape index (κ3) is 3.96. The van der Waals surface area contributed by atoms with Crippen molar-refractivity contribution >= 4 is 23.2 Å². The summed E-state index contributed by atoms with van der Waals surface area (Å²) in [6, 6.07) is 25.1. The Morgan fingerprint density at radius 3 is 2.14 bits per heavy atom. The second-order valence-electron chi connectivity index (χ2n) is 6.95. The number of hydrogen-bond donors (Lipinski definition) is 1. The lowest BCUT2D eigenvalue weighted by Gasteiger charge is -2.26. The summed E-state index contributed by atoms with van der Waals surface area (Å²) in [5.74, 6) is 0.0166. The number of piperidine rings is 1. The van der Waals surface area contributed by atoms with Crippen molar-refractivity contribution in [3.8, 4) is 11.1 Å². The third-order valence-corrected chi connectivity index (χ3v) is 5.01. The van der Waals surface area contributed by atoms with Crippen LogP contribution >= 0.6 is 0 Å². The van der Waals surface area contributed by atoms with Crippen LogP contribution in [0.2, 0.25) is 0 Å². The van der Waals surface area contributed by atoms with Crippen molar-refractivity contribution in [2.24, 2.45) is 0 Å². The molecule has 140 valence electrons. The number of rotatable bonds is 4. The molecule has 0 unspecified atom stereocenters. The summed E-state index contributed by atoms with van der Waals surface area (Å²) in [5.41, 5.74) is 4.40. The van der Waals surface area contributed by atoms with E-state index in [0.29, 0.717) is 17.7 Å². The lowest BCUT2D eigenvalue weighted by Crippen LogP contribution is -2.35. The fraction of sp³-hybridized carbons (Fsp3) is 0.167. The zero-order chi connectivity index (χ0) is 19.3. The Balaban J connectivity index is 1.42. The van der Waals surface area contributed by atoms with E-state index >= 15 is 0 Å². The molecule has 1 aliphatic rings. The van der Waals surface area contributed by atoms with Crippen LogP contribution in [0.25, 0.3) is 11.1 Å². The van der Waals surface area contributed by atoms with Gasteiger partial charge in [0.05, 0.1) is 0 Å². The second kappa shape index (κ2) is 8.09. The topological polar surface area (TPSA) is 49.4 Å². The molecule has 0 atom stereocenters. The minimum absolute atomic E-state index is 0.151. The number of hydrogen-bond acceptors (Lipinski definition) is 2. The fourth-order valence-corrected chi connectivity index (χ4v) is 3.45. The van der Waals surface area contributed by atoms with Crippen LogP contribution in [0, 0.1) is 0 Å². The van der Waals surface area contributed by atoms with Crippen molar-refractivity contribution in [3.63, 3.8) is 0 Å². The molecule has 1 heterocycles. The highest BCUT2D eigenvalue weighted by molar-refractivity contribution is 6.04. The summed E-state index contributed by atoms with van der Waals surface area (Å²) in [4.78, 5) is 26.4. The molecular weight excluding hydrogens is 348 g/mol. The Labute approximate surface area is 164 Å². The monoisotopic (exact) mass is 370 g/mol. The molecule has 1 aliphatic heterocycles. The summed E-state index contributed by atoms with van der Waals surface area (Å²) in [6.07, 6.45) is 2.60. The predicted molar refractivity (Wildman–Crippen MR) is 112 cm³/mol. The van der Waals surface area contributed by atoms with Gasteiger partial charge in [-0.3, -0.25) is 9.59 Å². The molecule has 4 heteroatoms. The van der Waals surface area contributed by atoms with Gasteiger partial charge in [-0.2, -0.15) is 0 Å². The van der Waals surface area contributed by atoms with E-state index in [0.717, 1.165) is 36.2 Å². The molecule has 0 saturated carbocycles. The highest BCUT2D eigenvalue weighted by atomic mass is 16.2. The van der Waals surface area contributed by atoms with E-state index < -0.39 is 0 Å². The minimum atomic E-state index is -0.151. The molecule has 3 aromatic carbocycles. The Morgan fingerprint density at radius 2 is 1.46 bits per heavy atom. The number of carbonyl (C=O) groups is 2. The lowest BCUT2D eigenvalue weighted by molar-refractivity contribution is -0.119. The Bertz CT molecular complexity index is 964. The van der Waals surface area contributed by atoms with Crippen LogP contribution in [0.5, 0.6) is 0 Å². The van der Waals surface area contributed by atoms with Crippen molar-refractivity contribution < 1.29 is 9.59 Å². The SMILES string of the molecule is O=C(Nc1ccc(N2CCCCC2=O)cc1)c1ccc(-c2ccccc2)cc1. The van der Waals surface area contributed by atoms with Gasteiger partial charge in [0, 0.05) is 29.9 Å². The molecule has 4 nitrogen and oxygen atoms in total. The molecular formula is C24H22N2O2. The summed E-state index contributed by atoms with van der Waals surface area (Å²) >= 11 is 0. The smallest absolute Gasteiger partial charge is 0.255 e. The maximum atomic E-state index is 12.5. The molecule has 3 aromatic rings. The molecule has 0 spiro atoms. The predicted octanol–water partition coefficient (Wildman–Crippen LogP) is 5.12. The quantitative estimate of drug-likeness (QED) is 0.693. The summed E-state index contributed by atoms with van der Waals surface area (Å²) in [6.45, 7) is 0.762. The Kier molecular flexibility index (Phi) is 5.20. The first-order valence-corrected chi connectivity index (χ1v) is 9.58. The minimum Gasteiger partial charge on any atom is -0.322 e. The summed E-state index contributed by atoms with van der Waals surface area (Å²) < 4.78 is 0. The fourth-order valence-electron chi connectivity index (χ4n) is 3.45. The van der Waals surface area contributed by atoms with Gasteiger partial charge in [-0.1, -0.05) is 42.5 Å². The molecule has 1 N–H and O–H groups in total. The molecule has 0 aromatic heterocycles. The number of amides is 2. The van der Waals surface area contributed by atoms with Crippen molar-refractivity contribution in [3.05, 3.63) is 84.4 Å². The average molecular weight is 370 g/mol. The first-order valence-electron chi connectivity index (χ1n) is 9.58. The zero-order valence-corrected chi connectivity index (χ0v) is 15.6. The molecule has 4 rings (SSSR count). The Hall–Kier alpha value is -3.40. The van der Waals surface area contributed by atoms with E-state index in [4.69, 9.17) is 0 Å². The van der Waals surface area contributed by atoms with Crippen LogP contribution in [-0.4, -0.2) is 18.4 Å². The van der Waals surface area contributed by atoms with Gasteiger partial charge in [0.1, 0.15) is 0 Å². The van der Waals surface area contributed by atoms with Gasteiger partial charge in [0.15, 0.2) is 0 Å². The number of carbonyl (C=O) groups excluding carboxylic acids is 2. The molecule has 2 amide bonds. The lowest BCUT2D eigenvalue weighted by atomic mass is 10.0. The van der Waals surface area contributed by atoms with Gasteiger partial charge in [-0.25, -0.2) is 0 Å². The highest BCUT2D eigenvalue weighted by Crippen LogP contribution is 2.23. The molecule has 0 bridgehead atoms. The van der Waals surface area contributed by atoms with Crippen molar-refractivity contribution in [1.82, 2.24) is 0 Å². The Morgan fingerprint density at radius 1 is 0.786 bits per heavy atom. The maximum absolute atomic E-state index is 12.5. The van der Waals surface area contributed by atoms with Crippen LogP contribution in [0.4, 0.5) is 11.4 Å². The second-order valence-corrected chi connectivity index (χ2v) is 6.95. The van der Waals surface area contributed by atoms with Crippen LogP contribution < -0.4 is 10.2 Å². The average Bonchev–Trinajstić information content (AvgIpc) is 2.75. The normalized spacial score (nSPS) is 14.0. The van der Waals surface area contributed by atoms with Gasteiger partial charge >= 0.3 is 0 Å². The number of nitrogens with zero attached hydrogens (tertiary/aromatic N) is 1. The maximum Gasteiger partial charge on any atom is 0.255 e. The number of nitrogens with one attached hydrogen (secondary N) is 1. The third-order valence-electron chi connectivity index (χ3n) is 5.01. The van der Waals surface area contributed by atoms with Crippen LogP contribution in [0.3, 0.4) is 0 Å². The largest absolute Gasteiger partial charge is 0.322 e. The summed E-state index contributed by atoms with van der Waals surface area (Å²) in [7, 11) is 0. The standard InChI is InChI=1S/C24H22N2O2/c27-23-8-4-5-17-26(23)22-15-13-21(14-16-22)25-24(28)20-11-9-19(10-12-20)18-6-2-1-3-7-18/h1-3,6-7,9-16H,4-5,8,17H2,(H,25,28). The van der Waals surface area contributed by atoms with E-state index in [-0.39, 0.29) is 11.8 Å². The first kappa shape index (κ1) is 18.0. The van der Waals surface area contributed by atoms with Gasteiger partial charge in [-0.15, -0.1) is 0 Å². The highest BCUT2D eigenvalue weighted by Gasteiger charge is 2.19. The van der Waals surface area contributed by atoms with Crippen LogP contribution in [-0.2, 0) is 4.79 Å². The van der Waals surface area contributed by atoms with E-state index in [2.05, 4.69) is 5.32 Å². The van der Waals surface area contributed by atoms with E-state index in [1.165, 1.54) is 0 Å². The van der Waals surface area contributed by atoms with Crippen molar-refractivity contribution in [2.45, 2.75) is 19.3 Å². The molecule has 28 heavy (non-hydrogen) atoms. The van der Waals surface area contributed by atoms with Crippen LogP contribution in [0.1, 0.15) is 29.6 Å². The molecule has 1 fully saturated rings. The number of benzene rings is 3. The zero-order valence-electron chi connectivity index (χ0n) is 15.6. The first-order chi connectivity index (χ1) is 13.7. The molecule has 0 radical (unpaired) electrons. The summed E-state index contributed by atoms with van der Waals surface area (Å²) in [5, 5.41) is 2.92. The van der Waals surface area contributed by atoms with E-state index in [9.17, 15) is 9.59 Å². The van der Waals surface area contributed by atoms with Crippen molar-refractivity contribution in [2.75, 3.05) is 16.8 Å². The van der Waals surface area contributed by atoms with Crippen molar-refractivity contribution in [1.29, 1.82) is 0 Å². The van der Waals surface area contributed by atoms with Gasteiger partial charge in [0.25, 0.3) is 5.91 Å². The van der Waals surface area contributed by atoms with Gasteiger partial charge < -0.3 is 10.2 Å². The molecule has 0 aliphatic carbocycles. The van der Waals surface area contributed by atoms with Crippen LogP contribution in [0.15, 0.2) is 78.9 Å².